The number of rotatable bonds is 7. The molecular weight excluding hydrogens is 591 g/mol. The molecule has 6 rings (SSSR count). The summed E-state index contributed by atoms with van der Waals surface area (Å²) in [5.41, 5.74) is -2.18. The van der Waals surface area contributed by atoms with Gasteiger partial charge in [-0.1, -0.05) is 22.0 Å². The van der Waals surface area contributed by atoms with Gasteiger partial charge in [0.15, 0.2) is 17.2 Å². The van der Waals surface area contributed by atoms with Crippen molar-refractivity contribution in [3.63, 3.8) is 0 Å². The van der Waals surface area contributed by atoms with Crippen LogP contribution in [0.4, 0.5) is 22.0 Å². The van der Waals surface area contributed by atoms with Crippen molar-refractivity contribution in [3.8, 4) is 11.3 Å². The Morgan fingerprint density at radius 1 is 1.12 bits per heavy atom. The Morgan fingerprint density at radius 2 is 1.90 bits per heavy atom. The van der Waals surface area contributed by atoms with Crippen LogP contribution in [0.15, 0.2) is 24.5 Å². The van der Waals surface area contributed by atoms with Crippen LogP contribution in [0, 0.1) is 23.5 Å². The highest BCUT2D eigenvalue weighted by molar-refractivity contribution is 6.30. The SMILES string of the molecule is CO[C@@H]1[C@@H](n2cc(-c3ccc(Cl)c(F)c3F)nn2)[C@@H](O)[C@@H](CO)O[C@@H]1Cc1cn(C2(C(F)(F)F)CC3CCC2C3)nn1. The molecule has 1 saturated heterocycles. The molecule has 1 aliphatic heterocycles. The molecule has 1 aromatic carbocycles. The van der Waals surface area contributed by atoms with Gasteiger partial charge in [-0.2, -0.15) is 13.2 Å². The molecule has 0 amide bonds. The van der Waals surface area contributed by atoms with Crippen molar-refractivity contribution in [2.24, 2.45) is 11.8 Å². The van der Waals surface area contributed by atoms with Crippen LogP contribution in [-0.2, 0) is 21.4 Å². The minimum Gasteiger partial charge on any atom is -0.394 e. The second-order valence-corrected chi connectivity index (χ2v) is 11.7. The van der Waals surface area contributed by atoms with Gasteiger partial charge in [-0.3, -0.25) is 0 Å². The Bertz CT molecular complexity index is 1450. The summed E-state index contributed by atoms with van der Waals surface area (Å²) in [6, 6.07) is 1.37. The lowest BCUT2D eigenvalue weighted by molar-refractivity contribution is -0.235. The van der Waals surface area contributed by atoms with E-state index in [1.807, 2.05) is 0 Å². The first-order valence-corrected chi connectivity index (χ1v) is 13.9. The molecular formula is C26H28ClF5N6O4. The van der Waals surface area contributed by atoms with Gasteiger partial charge in [0.2, 0.25) is 0 Å². The Balaban J connectivity index is 1.29. The normalized spacial score (nSPS) is 33.0. The molecule has 2 aliphatic carbocycles. The fourth-order valence-electron chi connectivity index (χ4n) is 7.05. The van der Waals surface area contributed by atoms with Gasteiger partial charge < -0.3 is 19.7 Å². The van der Waals surface area contributed by atoms with Crippen molar-refractivity contribution in [1.82, 2.24) is 30.0 Å². The van der Waals surface area contributed by atoms with E-state index in [9.17, 15) is 32.2 Å². The maximum absolute atomic E-state index is 14.6. The van der Waals surface area contributed by atoms with Gasteiger partial charge in [-0.15, -0.1) is 10.2 Å². The van der Waals surface area contributed by atoms with E-state index in [-0.39, 0.29) is 35.7 Å². The zero-order valence-electron chi connectivity index (χ0n) is 22.3. The first-order chi connectivity index (χ1) is 20.0. The molecule has 0 spiro atoms. The van der Waals surface area contributed by atoms with E-state index in [1.165, 1.54) is 36.3 Å². The highest BCUT2D eigenvalue weighted by Crippen LogP contribution is 2.60. The molecule has 2 bridgehead atoms. The maximum Gasteiger partial charge on any atom is 0.413 e. The lowest BCUT2D eigenvalue weighted by Gasteiger charge is -2.43. The second kappa shape index (κ2) is 10.8. The van der Waals surface area contributed by atoms with Gasteiger partial charge in [0.05, 0.1) is 29.6 Å². The number of methoxy groups -OCH3 is 1. The number of halogens is 6. The number of aliphatic hydroxyl groups excluding tert-OH is 2. The summed E-state index contributed by atoms with van der Waals surface area (Å²) < 4.78 is 85.7. The van der Waals surface area contributed by atoms with E-state index < -0.39 is 71.4 Å². The summed E-state index contributed by atoms with van der Waals surface area (Å²) in [5.74, 6) is -3.07. The van der Waals surface area contributed by atoms with Gasteiger partial charge in [0, 0.05) is 25.3 Å². The van der Waals surface area contributed by atoms with Crippen molar-refractivity contribution in [3.05, 3.63) is 46.9 Å². The number of nitrogens with zero attached hydrogens (tertiary/aromatic N) is 6. The summed E-state index contributed by atoms with van der Waals surface area (Å²) in [7, 11) is 1.34. The average Bonchev–Trinajstić information content (AvgIpc) is 3.76. The molecule has 3 aliphatic rings. The molecule has 3 fully saturated rings. The lowest BCUT2D eigenvalue weighted by atomic mass is 9.80. The third-order valence-electron chi connectivity index (χ3n) is 9.03. The minimum atomic E-state index is -4.51. The molecule has 3 aromatic rings. The van der Waals surface area contributed by atoms with Gasteiger partial charge in [-0.05, 0) is 49.7 Å². The predicted octanol–water partition coefficient (Wildman–Crippen LogP) is 3.47. The van der Waals surface area contributed by atoms with Crippen LogP contribution in [0.2, 0.25) is 5.02 Å². The smallest absolute Gasteiger partial charge is 0.394 e. The van der Waals surface area contributed by atoms with Crippen LogP contribution in [0.3, 0.4) is 0 Å². The second-order valence-electron chi connectivity index (χ2n) is 11.2. The number of fused-ring (bicyclic) bond motifs is 2. The summed E-state index contributed by atoms with van der Waals surface area (Å²) in [5, 5.41) is 36.4. The lowest BCUT2D eigenvalue weighted by Crippen LogP contribution is -2.57. The molecule has 10 nitrogen and oxygen atoms in total. The van der Waals surface area contributed by atoms with Gasteiger partial charge in [-0.25, -0.2) is 18.1 Å². The molecule has 0 radical (unpaired) electrons. The van der Waals surface area contributed by atoms with Crippen molar-refractivity contribution >= 4 is 11.6 Å². The standard InChI is InChI=1S/C26H28ClF5N6O4/c1-41-24-18(7-14-9-38(36-33-14)25(26(30,31)32)8-12-2-3-13(25)6-12)42-19(11-39)23(40)22(24)37-10-17(34-35-37)15-4-5-16(27)21(29)20(15)28/h4-5,9-10,12-13,18-19,22-24,39-40H,2-3,6-8,11H2,1H3/t12?,13?,18-,19-,22+,23+,24+,25?/m1/s1. The van der Waals surface area contributed by atoms with E-state index in [0.29, 0.717) is 12.8 Å². The Kier molecular flexibility index (Phi) is 7.53. The Labute approximate surface area is 241 Å². The molecule has 16 heteroatoms. The monoisotopic (exact) mass is 618 g/mol. The van der Waals surface area contributed by atoms with Crippen molar-refractivity contribution in [2.45, 2.75) is 74.3 Å². The molecule has 228 valence electrons. The Morgan fingerprint density at radius 3 is 2.55 bits per heavy atom. The number of aromatic nitrogens is 6. The zero-order valence-corrected chi connectivity index (χ0v) is 23.0. The third kappa shape index (κ3) is 4.60. The topological polar surface area (TPSA) is 120 Å². The van der Waals surface area contributed by atoms with E-state index in [2.05, 4.69) is 20.6 Å². The third-order valence-corrected chi connectivity index (χ3v) is 9.32. The zero-order chi connectivity index (χ0) is 30.0. The first kappa shape index (κ1) is 29.4. The first-order valence-electron chi connectivity index (χ1n) is 13.5. The predicted molar refractivity (Wildman–Crippen MR) is 135 cm³/mol. The van der Waals surface area contributed by atoms with Crippen LogP contribution in [-0.4, -0.2) is 84.5 Å². The minimum absolute atomic E-state index is 0.0122. The van der Waals surface area contributed by atoms with Crippen molar-refractivity contribution in [1.29, 1.82) is 0 Å². The molecule has 2 aromatic heterocycles. The largest absolute Gasteiger partial charge is 0.413 e. The molecule has 2 saturated carbocycles. The van der Waals surface area contributed by atoms with Gasteiger partial charge in [0.25, 0.3) is 0 Å². The van der Waals surface area contributed by atoms with E-state index in [0.717, 1.165) is 11.1 Å². The van der Waals surface area contributed by atoms with Crippen LogP contribution < -0.4 is 0 Å². The number of hydrogen-bond acceptors (Lipinski definition) is 8. The average molecular weight is 619 g/mol. The number of benzene rings is 1. The summed E-state index contributed by atoms with van der Waals surface area (Å²) in [4.78, 5) is 0. The molecule has 42 heavy (non-hydrogen) atoms. The fourth-order valence-corrected chi connectivity index (χ4v) is 7.20. The van der Waals surface area contributed by atoms with Crippen LogP contribution in [0.5, 0.6) is 0 Å². The van der Waals surface area contributed by atoms with Crippen LogP contribution in [0.25, 0.3) is 11.3 Å². The number of hydrogen-bond donors (Lipinski definition) is 2. The highest BCUT2D eigenvalue weighted by Gasteiger charge is 2.67. The molecule has 3 heterocycles. The number of aliphatic hydroxyl groups is 2. The van der Waals surface area contributed by atoms with Crippen LogP contribution in [0.1, 0.15) is 37.4 Å². The van der Waals surface area contributed by atoms with Crippen LogP contribution >= 0.6 is 11.6 Å². The quantitative estimate of drug-likeness (QED) is 0.305. The van der Waals surface area contributed by atoms with E-state index in [1.54, 1.807) is 0 Å². The van der Waals surface area contributed by atoms with Gasteiger partial charge >= 0.3 is 6.18 Å². The number of alkyl halides is 3. The highest BCUT2D eigenvalue weighted by atomic mass is 35.5. The van der Waals surface area contributed by atoms with E-state index in [4.69, 9.17) is 21.1 Å². The van der Waals surface area contributed by atoms with E-state index >= 15 is 0 Å². The number of ether oxygens (including phenoxy) is 2. The maximum atomic E-state index is 14.6. The summed E-state index contributed by atoms with van der Waals surface area (Å²) in [6.45, 7) is -0.601. The molecule has 8 atom stereocenters. The van der Waals surface area contributed by atoms with Crippen molar-refractivity contribution < 1.29 is 41.6 Å². The summed E-state index contributed by atoms with van der Waals surface area (Å²) in [6.07, 6.45) is -4.70. The van der Waals surface area contributed by atoms with Crippen molar-refractivity contribution in [2.75, 3.05) is 13.7 Å². The molecule has 3 unspecified atom stereocenters. The Hall–Kier alpha value is -2.72. The fraction of sp³-hybridized carbons (Fsp3) is 0.615. The summed E-state index contributed by atoms with van der Waals surface area (Å²) >= 11 is 5.65. The molecule has 2 N–H and O–H groups in total. The van der Waals surface area contributed by atoms with Gasteiger partial charge in [0.1, 0.15) is 30.0 Å².